The molecular formula is C10H17N3O4S. The van der Waals surface area contributed by atoms with E-state index in [4.69, 9.17) is 4.74 Å². The predicted octanol–water partition coefficient (Wildman–Crippen LogP) is -0.600. The molecule has 102 valence electrons. The number of rotatable bonds is 4. The molecule has 1 fully saturated rings. The van der Waals surface area contributed by atoms with Crippen LogP contribution in [0.1, 0.15) is 19.2 Å². The fourth-order valence-electron chi connectivity index (χ4n) is 1.78. The van der Waals surface area contributed by atoms with Crippen LogP contribution in [0.4, 0.5) is 0 Å². The van der Waals surface area contributed by atoms with Crippen LogP contribution in [0.5, 0.6) is 0 Å². The summed E-state index contributed by atoms with van der Waals surface area (Å²) >= 11 is 0. The normalized spacial score (nSPS) is 25.2. The highest BCUT2D eigenvalue weighted by atomic mass is 32.2. The standard InChI is InChI=1S/C10H17N3O4S/c1-2-9-11-5-10(12-9)18(15,16)13-7-3-4-17-6-8(7)14/h5,7-8,13-14H,2-4,6H2,1H3,(H,11,12)/t7-,8-/m1/s1. The summed E-state index contributed by atoms with van der Waals surface area (Å²) in [7, 11) is -3.67. The lowest BCUT2D eigenvalue weighted by atomic mass is 10.1. The summed E-state index contributed by atoms with van der Waals surface area (Å²) in [6.07, 6.45) is 1.55. The van der Waals surface area contributed by atoms with Gasteiger partial charge in [-0.3, -0.25) is 0 Å². The molecular weight excluding hydrogens is 258 g/mol. The van der Waals surface area contributed by atoms with Crippen molar-refractivity contribution in [2.75, 3.05) is 13.2 Å². The average Bonchev–Trinajstić information content (AvgIpc) is 2.81. The van der Waals surface area contributed by atoms with E-state index >= 15 is 0 Å². The highest BCUT2D eigenvalue weighted by Gasteiger charge is 2.29. The zero-order valence-electron chi connectivity index (χ0n) is 10.1. The van der Waals surface area contributed by atoms with Crippen molar-refractivity contribution in [1.29, 1.82) is 0 Å². The third kappa shape index (κ3) is 2.89. The van der Waals surface area contributed by atoms with Crippen LogP contribution in [-0.4, -0.2) is 48.9 Å². The Morgan fingerprint density at radius 3 is 3.06 bits per heavy atom. The summed E-state index contributed by atoms with van der Waals surface area (Å²) in [5.41, 5.74) is 0. The Balaban J connectivity index is 2.11. The maximum atomic E-state index is 12.0. The van der Waals surface area contributed by atoms with Crippen molar-refractivity contribution in [3.8, 4) is 0 Å². The molecule has 0 aliphatic carbocycles. The number of hydrogen-bond acceptors (Lipinski definition) is 5. The van der Waals surface area contributed by atoms with Crippen LogP contribution in [0, 0.1) is 0 Å². The molecule has 0 radical (unpaired) electrons. The summed E-state index contributed by atoms with van der Waals surface area (Å²) in [5.74, 6) is 0.614. The van der Waals surface area contributed by atoms with E-state index in [-0.39, 0.29) is 11.6 Å². The van der Waals surface area contributed by atoms with Crippen LogP contribution in [0.15, 0.2) is 11.2 Å². The van der Waals surface area contributed by atoms with E-state index in [0.29, 0.717) is 25.3 Å². The highest BCUT2D eigenvalue weighted by molar-refractivity contribution is 7.89. The summed E-state index contributed by atoms with van der Waals surface area (Å²) in [6, 6.07) is -0.517. The van der Waals surface area contributed by atoms with E-state index < -0.39 is 22.2 Å². The summed E-state index contributed by atoms with van der Waals surface area (Å²) in [5, 5.41) is 9.68. The monoisotopic (exact) mass is 275 g/mol. The molecule has 0 spiro atoms. The lowest BCUT2D eigenvalue weighted by Gasteiger charge is -2.27. The molecule has 1 aliphatic heterocycles. The summed E-state index contributed by atoms with van der Waals surface area (Å²) in [4.78, 5) is 6.68. The SMILES string of the molecule is CCc1ncc(S(=O)(=O)N[C@@H]2CCOC[C@H]2O)[nH]1. The zero-order valence-corrected chi connectivity index (χ0v) is 10.9. The minimum Gasteiger partial charge on any atom is -0.389 e. The second kappa shape index (κ2) is 5.35. The minimum atomic E-state index is -3.67. The number of aromatic amines is 1. The molecule has 0 unspecified atom stereocenters. The molecule has 0 amide bonds. The van der Waals surface area contributed by atoms with Gasteiger partial charge in [0, 0.05) is 13.0 Å². The number of hydrogen-bond donors (Lipinski definition) is 3. The van der Waals surface area contributed by atoms with E-state index in [0.717, 1.165) is 0 Å². The van der Waals surface area contributed by atoms with Gasteiger partial charge in [-0.15, -0.1) is 0 Å². The van der Waals surface area contributed by atoms with Crippen LogP contribution < -0.4 is 4.72 Å². The Bertz CT molecular complexity index is 499. The van der Waals surface area contributed by atoms with Gasteiger partial charge >= 0.3 is 0 Å². The molecule has 3 N–H and O–H groups in total. The second-order valence-corrected chi connectivity index (χ2v) is 5.89. The summed E-state index contributed by atoms with van der Waals surface area (Å²) in [6.45, 7) is 2.47. The van der Waals surface area contributed by atoms with Crippen molar-refractivity contribution in [1.82, 2.24) is 14.7 Å². The van der Waals surface area contributed by atoms with Crippen LogP contribution >= 0.6 is 0 Å². The van der Waals surface area contributed by atoms with Gasteiger partial charge in [0.05, 0.1) is 24.9 Å². The zero-order chi connectivity index (χ0) is 13.2. The van der Waals surface area contributed by atoms with Gasteiger partial charge in [-0.05, 0) is 6.42 Å². The first kappa shape index (κ1) is 13.5. The van der Waals surface area contributed by atoms with Crippen molar-refractivity contribution in [2.45, 2.75) is 36.9 Å². The van der Waals surface area contributed by atoms with Crippen molar-refractivity contribution < 1.29 is 18.3 Å². The third-order valence-corrected chi connectivity index (χ3v) is 4.26. The van der Waals surface area contributed by atoms with Gasteiger partial charge in [-0.1, -0.05) is 6.92 Å². The molecule has 1 aromatic heterocycles. The van der Waals surface area contributed by atoms with Gasteiger partial charge in [0.2, 0.25) is 0 Å². The van der Waals surface area contributed by atoms with Crippen molar-refractivity contribution >= 4 is 10.0 Å². The molecule has 1 saturated heterocycles. The Labute approximate surface area is 106 Å². The number of aliphatic hydroxyl groups excluding tert-OH is 1. The molecule has 0 saturated carbocycles. The highest BCUT2D eigenvalue weighted by Crippen LogP contribution is 2.12. The number of nitrogens with zero attached hydrogens (tertiary/aromatic N) is 1. The Morgan fingerprint density at radius 1 is 1.67 bits per heavy atom. The Kier molecular flexibility index (Phi) is 4.00. The van der Waals surface area contributed by atoms with Crippen molar-refractivity contribution in [2.24, 2.45) is 0 Å². The molecule has 1 aliphatic rings. The molecule has 2 atom stereocenters. The number of aryl methyl sites for hydroxylation is 1. The molecule has 1 aromatic rings. The molecule has 18 heavy (non-hydrogen) atoms. The molecule has 2 rings (SSSR count). The number of ether oxygens (including phenoxy) is 1. The molecule has 2 heterocycles. The second-order valence-electron chi connectivity index (χ2n) is 4.21. The van der Waals surface area contributed by atoms with Gasteiger partial charge < -0.3 is 14.8 Å². The number of imidazole rings is 1. The fourth-order valence-corrected chi connectivity index (χ4v) is 3.03. The molecule has 7 nitrogen and oxygen atoms in total. The van der Waals surface area contributed by atoms with Crippen LogP contribution in [0.2, 0.25) is 0 Å². The van der Waals surface area contributed by atoms with Crippen LogP contribution in [-0.2, 0) is 21.2 Å². The first-order chi connectivity index (χ1) is 8.53. The smallest absolute Gasteiger partial charge is 0.257 e. The molecule has 0 bridgehead atoms. The number of aromatic nitrogens is 2. The van der Waals surface area contributed by atoms with Gasteiger partial charge in [0.25, 0.3) is 10.0 Å². The third-order valence-electron chi connectivity index (χ3n) is 2.86. The van der Waals surface area contributed by atoms with Crippen LogP contribution in [0.3, 0.4) is 0 Å². The lowest BCUT2D eigenvalue weighted by molar-refractivity contribution is -0.0222. The Morgan fingerprint density at radius 2 is 2.44 bits per heavy atom. The quantitative estimate of drug-likeness (QED) is 0.680. The lowest BCUT2D eigenvalue weighted by Crippen LogP contribution is -2.48. The van der Waals surface area contributed by atoms with Gasteiger partial charge in [-0.25, -0.2) is 18.1 Å². The van der Waals surface area contributed by atoms with E-state index in [9.17, 15) is 13.5 Å². The number of nitrogens with one attached hydrogen (secondary N) is 2. The van der Waals surface area contributed by atoms with E-state index in [2.05, 4.69) is 14.7 Å². The summed E-state index contributed by atoms with van der Waals surface area (Å²) < 4.78 is 31.6. The number of aliphatic hydroxyl groups is 1. The molecule has 0 aromatic carbocycles. The van der Waals surface area contributed by atoms with Gasteiger partial charge in [0.1, 0.15) is 5.82 Å². The maximum absolute atomic E-state index is 12.0. The van der Waals surface area contributed by atoms with Crippen LogP contribution in [0.25, 0.3) is 0 Å². The van der Waals surface area contributed by atoms with E-state index in [1.807, 2.05) is 6.92 Å². The number of sulfonamides is 1. The van der Waals surface area contributed by atoms with Crippen molar-refractivity contribution in [3.05, 3.63) is 12.0 Å². The fraction of sp³-hybridized carbons (Fsp3) is 0.700. The average molecular weight is 275 g/mol. The minimum absolute atomic E-state index is 0.0260. The van der Waals surface area contributed by atoms with E-state index in [1.54, 1.807) is 0 Å². The Hall–Kier alpha value is -0.960. The first-order valence-corrected chi connectivity index (χ1v) is 7.33. The van der Waals surface area contributed by atoms with Crippen molar-refractivity contribution in [3.63, 3.8) is 0 Å². The topological polar surface area (TPSA) is 104 Å². The predicted molar refractivity (Wildman–Crippen MR) is 63.5 cm³/mol. The number of H-pyrrole nitrogens is 1. The van der Waals surface area contributed by atoms with Gasteiger partial charge in [-0.2, -0.15) is 0 Å². The maximum Gasteiger partial charge on any atom is 0.257 e. The first-order valence-electron chi connectivity index (χ1n) is 5.85. The molecule has 8 heteroatoms. The van der Waals surface area contributed by atoms with Gasteiger partial charge in [0.15, 0.2) is 5.03 Å². The largest absolute Gasteiger partial charge is 0.389 e. The van der Waals surface area contributed by atoms with E-state index in [1.165, 1.54) is 6.20 Å².